The van der Waals surface area contributed by atoms with E-state index in [4.69, 9.17) is 0 Å². The molecule has 4 rings (SSSR count). The highest BCUT2D eigenvalue weighted by atomic mass is 32.2. The van der Waals surface area contributed by atoms with Crippen LogP contribution in [-0.2, 0) is 12.3 Å². The topological polar surface area (TPSA) is 51.0 Å². The average molecular weight is 393 g/mol. The number of benzene rings is 2. The van der Waals surface area contributed by atoms with Gasteiger partial charge >= 0.3 is 0 Å². The summed E-state index contributed by atoms with van der Waals surface area (Å²) >= 11 is 1.67. The lowest BCUT2D eigenvalue weighted by Gasteiger charge is -2.15. The van der Waals surface area contributed by atoms with Gasteiger partial charge < -0.3 is 9.47 Å². The van der Waals surface area contributed by atoms with Crippen molar-refractivity contribution in [1.82, 2.24) is 19.7 Å². The molecule has 1 aromatic heterocycles. The highest BCUT2D eigenvalue weighted by Crippen LogP contribution is 2.23. The summed E-state index contributed by atoms with van der Waals surface area (Å²) in [7, 11) is 0. The van der Waals surface area contributed by atoms with E-state index >= 15 is 0 Å². The van der Waals surface area contributed by atoms with Crippen LogP contribution in [0.1, 0.15) is 40.2 Å². The predicted molar refractivity (Wildman–Crippen MR) is 111 cm³/mol. The first kappa shape index (κ1) is 18.7. The Morgan fingerprint density at radius 1 is 0.964 bits per heavy atom. The second-order valence-electron chi connectivity index (χ2n) is 7.09. The molecular weight excluding hydrogens is 368 g/mol. The van der Waals surface area contributed by atoms with Gasteiger partial charge in [0.2, 0.25) is 0 Å². The van der Waals surface area contributed by atoms with E-state index in [2.05, 4.69) is 26.9 Å². The first-order chi connectivity index (χ1) is 13.7. The van der Waals surface area contributed by atoms with E-state index in [-0.39, 0.29) is 5.91 Å². The Bertz CT molecular complexity index is 931. The molecule has 1 fully saturated rings. The second kappa shape index (κ2) is 8.61. The van der Waals surface area contributed by atoms with Crippen LogP contribution in [0.15, 0.2) is 59.8 Å². The Kier molecular flexibility index (Phi) is 5.76. The summed E-state index contributed by atoms with van der Waals surface area (Å²) in [6, 6.07) is 18.3. The Morgan fingerprint density at radius 2 is 1.68 bits per heavy atom. The van der Waals surface area contributed by atoms with Crippen LogP contribution >= 0.6 is 11.8 Å². The highest BCUT2D eigenvalue weighted by molar-refractivity contribution is 7.98. The second-order valence-corrected chi connectivity index (χ2v) is 8.03. The number of aryl methyl sites for hydroxylation is 1. The number of likely N-dealkylation sites (tertiary alicyclic amines) is 1. The molecule has 2 aromatic carbocycles. The molecule has 0 N–H and O–H groups in total. The van der Waals surface area contributed by atoms with Crippen molar-refractivity contribution in [2.45, 2.75) is 37.2 Å². The molecule has 0 radical (unpaired) electrons. The number of hydrogen-bond donors (Lipinski definition) is 0. The molecule has 1 aliphatic rings. The SMILES string of the molecule is Cc1nnc(SCc2ccc(C(=O)N3CCCC3)cc2)n1Cc1ccccc1. The molecule has 0 aliphatic carbocycles. The fourth-order valence-electron chi connectivity index (χ4n) is 3.41. The van der Waals surface area contributed by atoms with Crippen LogP contribution in [0.3, 0.4) is 0 Å². The minimum absolute atomic E-state index is 0.148. The van der Waals surface area contributed by atoms with E-state index in [9.17, 15) is 4.79 Å². The van der Waals surface area contributed by atoms with Gasteiger partial charge in [-0.3, -0.25) is 4.79 Å². The third kappa shape index (κ3) is 4.28. The molecule has 144 valence electrons. The Balaban J connectivity index is 1.40. The van der Waals surface area contributed by atoms with Crippen molar-refractivity contribution in [2.75, 3.05) is 13.1 Å². The Labute approximate surface area is 169 Å². The standard InChI is InChI=1S/C22H24N4OS/c1-17-23-24-22(26(17)15-18-7-3-2-4-8-18)28-16-19-9-11-20(12-10-19)21(27)25-13-5-6-14-25/h2-4,7-12H,5-6,13-16H2,1H3. The maximum absolute atomic E-state index is 12.5. The van der Waals surface area contributed by atoms with Gasteiger partial charge in [-0.15, -0.1) is 10.2 Å². The number of amides is 1. The first-order valence-corrected chi connectivity index (χ1v) is 10.6. The maximum atomic E-state index is 12.5. The zero-order valence-corrected chi connectivity index (χ0v) is 16.9. The Hall–Kier alpha value is -2.60. The van der Waals surface area contributed by atoms with E-state index in [1.807, 2.05) is 54.3 Å². The van der Waals surface area contributed by atoms with Crippen molar-refractivity contribution in [3.8, 4) is 0 Å². The van der Waals surface area contributed by atoms with Gasteiger partial charge in [0.25, 0.3) is 5.91 Å². The molecule has 0 spiro atoms. The van der Waals surface area contributed by atoms with Crippen molar-refractivity contribution in [3.63, 3.8) is 0 Å². The number of rotatable bonds is 6. The lowest BCUT2D eigenvalue weighted by Crippen LogP contribution is -2.27. The van der Waals surface area contributed by atoms with Crippen LogP contribution in [0.25, 0.3) is 0 Å². The normalized spacial score (nSPS) is 13.8. The summed E-state index contributed by atoms with van der Waals surface area (Å²) in [6.07, 6.45) is 2.23. The fraction of sp³-hybridized carbons (Fsp3) is 0.318. The average Bonchev–Trinajstić information content (AvgIpc) is 3.38. The predicted octanol–water partition coefficient (Wildman–Crippen LogP) is 4.16. The summed E-state index contributed by atoms with van der Waals surface area (Å²) in [6.45, 7) is 4.52. The number of thioether (sulfide) groups is 1. The largest absolute Gasteiger partial charge is 0.339 e. The summed E-state index contributed by atoms with van der Waals surface area (Å²) in [5, 5.41) is 9.50. The Morgan fingerprint density at radius 3 is 2.39 bits per heavy atom. The molecule has 0 saturated carbocycles. The monoisotopic (exact) mass is 392 g/mol. The number of carbonyl (C=O) groups excluding carboxylic acids is 1. The fourth-order valence-corrected chi connectivity index (χ4v) is 4.35. The van der Waals surface area contributed by atoms with E-state index < -0.39 is 0 Å². The van der Waals surface area contributed by atoms with Crippen LogP contribution in [0.4, 0.5) is 0 Å². The number of nitrogens with zero attached hydrogens (tertiary/aromatic N) is 4. The van der Waals surface area contributed by atoms with Crippen LogP contribution < -0.4 is 0 Å². The molecular formula is C22H24N4OS. The lowest BCUT2D eigenvalue weighted by molar-refractivity contribution is 0.0793. The zero-order valence-electron chi connectivity index (χ0n) is 16.0. The molecule has 28 heavy (non-hydrogen) atoms. The number of hydrogen-bond acceptors (Lipinski definition) is 4. The smallest absolute Gasteiger partial charge is 0.253 e. The zero-order chi connectivity index (χ0) is 19.3. The van der Waals surface area contributed by atoms with Crippen molar-refractivity contribution in [1.29, 1.82) is 0 Å². The van der Waals surface area contributed by atoms with Crippen LogP contribution in [0, 0.1) is 6.92 Å². The molecule has 1 saturated heterocycles. The molecule has 0 unspecified atom stereocenters. The first-order valence-electron chi connectivity index (χ1n) is 9.65. The van der Waals surface area contributed by atoms with E-state index in [0.717, 1.165) is 54.8 Å². The van der Waals surface area contributed by atoms with E-state index in [1.165, 1.54) is 11.1 Å². The van der Waals surface area contributed by atoms with Crippen LogP contribution in [0.2, 0.25) is 0 Å². The van der Waals surface area contributed by atoms with Gasteiger partial charge in [-0.25, -0.2) is 0 Å². The molecule has 1 amide bonds. The summed E-state index contributed by atoms with van der Waals surface area (Å²) < 4.78 is 2.14. The van der Waals surface area contributed by atoms with Gasteiger partial charge in [0, 0.05) is 24.4 Å². The van der Waals surface area contributed by atoms with Gasteiger partial charge in [-0.2, -0.15) is 0 Å². The summed E-state index contributed by atoms with van der Waals surface area (Å²) in [4.78, 5) is 14.4. The summed E-state index contributed by atoms with van der Waals surface area (Å²) in [5.41, 5.74) is 3.19. The molecule has 0 bridgehead atoms. The lowest BCUT2D eigenvalue weighted by atomic mass is 10.1. The van der Waals surface area contributed by atoms with Crippen molar-refractivity contribution in [2.24, 2.45) is 0 Å². The van der Waals surface area contributed by atoms with Gasteiger partial charge in [0.05, 0.1) is 6.54 Å². The molecule has 3 aromatic rings. The van der Waals surface area contributed by atoms with Gasteiger partial charge in [-0.1, -0.05) is 54.2 Å². The van der Waals surface area contributed by atoms with Gasteiger partial charge in [0.1, 0.15) is 5.82 Å². The van der Waals surface area contributed by atoms with E-state index in [0.29, 0.717) is 0 Å². The van der Waals surface area contributed by atoms with Crippen LogP contribution in [-0.4, -0.2) is 38.7 Å². The number of aromatic nitrogens is 3. The molecule has 6 heteroatoms. The molecule has 2 heterocycles. The molecule has 5 nitrogen and oxygen atoms in total. The maximum Gasteiger partial charge on any atom is 0.253 e. The number of carbonyl (C=O) groups is 1. The highest BCUT2D eigenvalue weighted by Gasteiger charge is 2.19. The van der Waals surface area contributed by atoms with Crippen molar-refractivity contribution >= 4 is 17.7 Å². The van der Waals surface area contributed by atoms with Gasteiger partial charge in [0.15, 0.2) is 5.16 Å². The minimum atomic E-state index is 0.148. The minimum Gasteiger partial charge on any atom is -0.339 e. The van der Waals surface area contributed by atoms with Crippen molar-refractivity contribution in [3.05, 3.63) is 77.1 Å². The third-order valence-electron chi connectivity index (χ3n) is 5.05. The van der Waals surface area contributed by atoms with Crippen LogP contribution in [0.5, 0.6) is 0 Å². The van der Waals surface area contributed by atoms with E-state index in [1.54, 1.807) is 11.8 Å². The molecule has 0 atom stereocenters. The van der Waals surface area contributed by atoms with Gasteiger partial charge in [-0.05, 0) is 43.0 Å². The van der Waals surface area contributed by atoms with Crippen molar-refractivity contribution < 1.29 is 4.79 Å². The summed E-state index contributed by atoms with van der Waals surface area (Å²) in [5.74, 6) is 1.86. The quantitative estimate of drug-likeness (QED) is 0.591. The third-order valence-corrected chi connectivity index (χ3v) is 6.09. The molecule has 1 aliphatic heterocycles.